The summed E-state index contributed by atoms with van der Waals surface area (Å²) in [5.74, 6) is -0.920. The normalized spacial score (nSPS) is 25.0. The van der Waals surface area contributed by atoms with Crippen molar-refractivity contribution in [2.24, 2.45) is 0 Å². The number of Topliss-reactive ketones (excluding diaryl/α,β-unsaturated/α-hetero) is 1. The van der Waals surface area contributed by atoms with E-state index in [1.807, 2.05) is 25.1 Å². The summed E-state index contributed by atoms with van der Waals surface area (Å²) in [4.78, 5) is 25.1. The molecule has 1 aliphatic heterocycles. The SMILES string of the molecule is Cc1ccc(C2C(=O)NC3(CCCCC3)C2=O)c(Cl)c1. The Kier molecular flexibility index (Phi) is 3.33. The molecule has 106 valence electrons. The minimum Gasteiger partial charge on any atom is -0.343 e. The fraction of sp³-hybridized carbons (Fsp3) is 0.500. The van der Waals surface area contributed by atoms with Crippen LogP contribution in [-0.4, -0.2) is 17.2 Å². The van der Waals surface area contributed by atoms with E-state index in [0.717, 1.165) is 37.7 Å². The predicted octanol–water partition coefficient (Wildman–Crippen LogP) is 3.13. The van der Waals surface area contributed by atoms with Crippen LogP contribution in [0.25, 0.3) is 0 Å². The second-order valence-electron chi connectivity index (χ2n) is 5.95. The Hall–Kier alpha value is -1.35. The number of carbonyl (C=O) groups excluding carboxylic acids is 2. The first-order valence-corrected chi connectivity index (χ1v) is 7.54. The number of halogens is 1. The van der Waals surface area contributed by atoms with Gasteiger partial charge in [-0.2, -0.15) is 0 Å². The minimum absolute atomic E-state index is 0.00736. The molecule has 1 spiro atoms. The lowest BCUT2D eigenvalue weighted by Crippen LogP contribution is -2.47. The van der Waals surface area contributed by atoms with E-state index in [4.69, 9.17) is 11.6 Å². The zero-order chi connectivity index (χ0) is 14.3. The summed E-state index contributed by atoms with van der Waals surface area (Å²) in [5, 5.41) is 3.47. The lowest BCUT2D eigenvalue weighted by molar-refractivity contribution is -0.125. The molecule has 20 heavy (non-hydrogen) atoms. The first-order chi connectivity index (χ1) is 9.53. The molecule has 1 saturated heterocycles. The number of carbonyl (C=O) groups is 2. The molecule has 1 atom stereocenters. The Labute approximate surface area is 123 Å². The molecule has 1 aromatic carbocycles. The van der Waals surface area contributed by atoms with Gasteiger partial charge in [0.25, 0.3) is 0 Å². The number of hydrogen-bond donors (Lipinski definition) is 1. The third kappa shape index (κ3) is 2.05. The van der Waals surface area contributed by atoms with Crippen molar-refractivity contribution >= 4 is 23.3 Å². The highest BCUT2D eigenvalue weighted by atomic mass is 35.5. The van der Waals surface area contributed by atoms with Crippen LogP contribution in [0.15, 0.2) is 18.2 Å². The Bertz CT molecular complexity index is 576. The van der Waals surface area contributed by atoms with E-state index in [1.165, 1.54) is 0 Å². The quantitative estimate of drug-likeness (QED) is 0.808. The monoisotopic (exact) mass is 291 g/mol. The Balaban J connectivity index is 1.98. The number of rotatable bonds is 1. The average molecular weight is 292 g/mol. The Morgan fingerprint density at radius 2 is 1.90 bits per heavy atom. The van der Waals surface area contributed by atoms with Crippen LogP contribution < -0.4 is 5.32 Å². The van der Waals surface area contributed by atoms with Crippen molar-refractivity contribution in [3.05, 3.63) is 34.3 Å². The van der Waals surface area contributed by atoms with Gasteiger partial charge < -0.3 is 5.32 Å². The summed E-state index contributed by atoms with van der Waals surface area (Å²) < 4.78 is 0. The average Bonchev–Trinajstić information content (AvgIpc) is 2.63. The molecule has 1 amide bonds. The molecule has 2 fully saturated rings. The molecule has 1 N–H and O–H groups in total. The molecular weight excluding hydrogens is 274 g/mol. The molecule has 0 radical (unpaired) electrons. The van der Waals surface area contributed by atoms with E-state index < -0.39 is 11.5 Å². The molecule has 1 saturated carbocycles. The number of nitrogens with one attached hydrogen (secondary N) is 1. The standard InChI is InChI=1S/C16H18ClNO2/c1-10-5-6-11(12(17)9-10)13-14(19)16(18-15(13)20)7-3-2-4-8-16/h5-6,9,13H,2-4,7-8H2,1H3,(H,18,20). The van der Waals surface area contributed by atoms with Crippen molar-refractivity contribution in [2.75, 3.05) is 0 Å². The topological polar surface area (TPSA) is 46.2 Å². The maximum Gasteiger partial charge on any atom is 0.236 e. The van der Waals surface area contributed by atoms with Crippen molar-refractivity contribution in [1.82, 2.24) is 5.32 Å². The molecule has 2 aliphatic rings. The van der Waals surface area contributed by atoms with Crippen molar-refractivity contribution < 1.29 is 9.59 Å². The maximum atomic E-state index is 12.8. The van der Waals surface area contributed by atoms with Gasteiger partial charge in [0.1, 0.15) is 5.92 Å². The van der Waals surface area contributed by atoms with Crippen LogP contribution in [0.4, 0.5) is 0 Å². The van der Waals surface area contributed by atoms with Crippen LogP contribution in [0.3, 0.4) is 0 Å². The van der Waals surface area contributed by atoms with Crippen molar-refractivity contribution in [3.8, 4) is 0 Å². The summed E-state index contributed by atoms with van der Waals surface area (Å²) in [5.41, 5.74) is 1.04. The molecule has 3 rings (SSSR count). The Morgan fingerprint density at radius 3 is 2.55 bits per heavy atom. The van der Waals surface area contributed by atoms with Crippen LogP contribution in [0, 0.1) is 6.92 Å². The minimum atomic E-state index is -0.735. The van der Waals surface area contributed by atoms with Gasteiger partial charge in [0.05, 0.1) is 5.54 Å². The summed E-state index contributed by atoms with van der Waals surface area (Å²) >= 11 is 6.24. The molecule has 1 unspecified atom stereocenters. The molecule has 0 bridgehead atoms. The maximum absolute atomic E-state index is 12.8. The van der Waals surface area contributed by atoms with E-state index >= 15 is 0 Å². The molecule has 1 aliphatic carbocycles. The number of aryl methyl sites for hydroxylation is 1. The highest BCUT2D eigenvalue weighted by Crippen LogP contribution is 2.40. The first kappa shape index (κ1) is 13.6. The largest absolute Gasteiger partial charge is 0.343 e. The van der Waals surface area contributed by atoms with Gasteiger partial charge in [-0.05, 0) is 37.0 Å². The summed E-state index contributed by atoms with van der Waals surface area (Å²) in [7, 11) is 0. The summed E-state index contributed by atoms with van der Waals surface area (Å²) in [6.45, 7) is 1.94. The highest BCUT2D eigenvalue weighted by Gasteiger charge is 2.53. The third-order valence-electron chi connectivity index (χ3n) is 4.53. The molecule has 1 aromatic rings. The van der Waals surface area contributed by atoms with E-state index in [9.17, 15) is 9.59 Å². The number of hydrogen-bond acceptors (Lipinski definition) is 2. The highest BCUT2D eigenvalue weighted by molar-refractivity contribution is 6.32. The van der Waals surface area contributed by atoms with Gasteiger partial charge in [0, 0.05) is 5.02 Å². The zero-order valence-corrected chi connectivity index (χ0v) is 12.3. The molecular formula is C16H18ClNO2. The van der Waals surface area contributed by atoms with Gasteiger partial charge in [-0.3, -0.25) is 9.59 Å². The van der Waals surface area contributed by atoms with E-state index in [2.05, 4.69) is 5.32 Å². The smallest absolute Gasteiger partial charge is 0.236 e. The van der Waals surface area contributed by atoms with Crippen molar-refractivity contribution in [1.29, 1.82) is 0 Å². The van der Waals surface area contributed by atoms with E-state index in [0.29, 0.717) is 10.6 Å². The lowest BCUT2D eigenvalue weighted by Gasteiger charge is -2.31. The summed E-state index contributed by atoms with van der Waals surface area (Å²) in [6, 6.07) is 5.51. The second kappa shape index (κ2) is 4.88. The molecule has 1 heterocycles. The van der Waals surface area contributed by atoms with E-state index in [1.54, 1.807) is 0 Å². The first-order valence-electron chi connectivity index (χ1n) is 7.16. The van der Waals surface area contributed by atoms with Crippen LogP contribution in [0.5, 0.6) is 0 Å². The van der Waals surface area contributed by atoms with Crippen LogP contribution in [0.2, 0.25) is 5.02 Å². The van der Waals surface area contributed by atoms with Gasteiger partial charge in [0.2, 0.25) is 5.91 Å². The van der Waals surface area contributed by atoms with Gasteiger partial charge in [-0.1, -0.05) is 43.0 Å². The van der Waals surface area contributed by atoms with Gasteiger partial charge in [-0.25, -0.2) is 0 Å². The van der Waals surface area contributed by atoms with E-state index in [-0.39, 0.29) is 11.7 Å². The van der Waals surface area contributed by atoms with Crippen LogP contribution in [0.1, 0.15) is 49.1 Å². The third-order valence-corrected chi connectivity index (χ3v) is 4.86. The predicted molar refractivity (Wildman–Crippen MR) is 77.9 cm³/mol. The zero-order valence-electron chi connectivity index (χ0n) is 11.5. The molecule has 0 aromatic heterocycles. The van der Waals surface area contributed by atoms with Crippen LogP contribution >= 0.6 is 11.6 Å². The lowest BCUT2D eigenvalue weighted by atomic mass is 9.77. The number of amides is 1. The van der Waals surface area contributed by atoms with Gasteiger partial charge in [-0.15, -0.1) is 0 Å². The molecule has 3 nitrogen and oxygen atoms in total. The van der Waals surface area contributed by atoms with Crippen LogP contribution in [-0.2, 0) is 9.59 Å². The van der Waals surface area contributed by atoms with Gasteiger partial charge >= 0.3 is 0 Å². The fourth-order valence-electron chi connectivity index (χ4n) is 3.44. The van der Waals surface area contributed by atoms with Gasteiger partial charge in [0.15, 0.2) is 5.78 Å². The van der Waals surface area contributed by atoms with Crippen molar-refractivity contribution in [2.45, 2.75) is 50.5 Å². The number of ketones is 1. The Morgan fingerprint density at radius 1 is 1.20 bits per heavy atom. The summed E-state index contributed by atoms with van der Waals surface area (Å²) in [6.07, 6.45) is 4.66. The number of benzene rings is 1. The fourth-order valence-corrected chi connectivity index (χ4v) is 3.78. The van der Waals surface area contributed by atoms with Crippen molar-refractivity contribution in [3.63, 3.8) is 0 Å². The second-order valence-corrected chi connectivity index (χ2v) is 6.36. The molecule has 4 heteroatoms.